The molecule has 13 heavy (non-hydrogen) atoms. The number of benzene rings is 1. The molecular formula is C9H5ClN2S. The number of nitrogens with zero attached hydrogens (tertiary/aromatic N) is 2. The molecule has 1 aromatic heterocycles. The molecule has 0 unspecified atom stereocenters. The Hall–Kier alpha value is -0.930. The van der Waals surface area contributed by atoms with Gasteiger partial charge in [0.05, 0.1) is 4.88 Å². The Morgan fingerprint density at radius 1 is 1.23 bits per heavy atom. The molecule has 0 bridgehead atoms. The number of halogens is 1. The summed E-state index contributed by atoms with van der Waals surface area (Å²) in [5, 5.41) is 8.06. The second kappa shape index (κ2) is 2.30. The van der Waals surface area contributed by atoms with Crippen LogP contribution < -0.4 is 0 Å². The molecule has 0 spiro atoms. The highest BCUT2D eigenvalue weighted by molar-refractivity contribution is 7.19. The second-order valence-corrected chi connectivity index (χ2v) is 4.55. The van der Waals surface area contributed by atoms with E-state index >= 15 is 0 Å². The maximum Gasteiger partial charge on any atom is 0.298 e. The van der Waals surface area contributed by atoms with Gasteiger partial charge in [0.15, 0.2) is 0 Å². The van der Waals surface area contributed by atoms with Gasteiger partial charge in [0.2, 0.25) is 0 Å². The van der Waals surface area contributed by atoms with Crippen molar-refractivity contribution in [2.45, 2.75) is 5.12 Å². The monoisotopic (exact) mass is 208 g/mol. The second-order valence-electron chi connectivity index (χ2n) is 2.94. The van der Waals surface area contributed by atoms with Crippen molar-refractivity contribution < 1.29 is 0 Å². The molecule has 4 heteroatoms. The molecule has 2 aromatic rings. The quantitative estimate of drug-likeness (QED) is 0.504. The predicted octanol–water partition coefficient (Wildman–Crippen LogP) is 3.72. The summed E-state index contributed by atoms with van der Waals surface area (Å²) in [4.78, 5) is 1.01. The Morgan fingerprint density at radius 2 is 2.00 bits per heavy atom. The first kappa shape index (κ1) is 7.47. The highest BCUT2D eigenvalue weighted by Gasteiger charge is 2.41. The molecule has 0 atom stereocenters. The van der Waals surface area contributed by atoms with Gasteiger partial charge in [0.25, 0.3) is 5.12 Å². The van der Waals surface area contributed by atoms with E-state index in [-0.39, 0.29) is 0 Å². The zero-order valence-electron chi connectivity index (χ0n) is 6.57. The van der Waals surface area contributed by atoms with Crippen LogP contribution in [0.25, 0.3) is 10.1 Å². The topological polar surface area (TPSA) is 24.7 Å². The number of rotatable bonds is 1. The average molecular weight is 209 g/mol. The van der Waals surface area contributed by atoms with Gasteiger partial charge in [0.1, 0.15) is 0 Å². The zero-order valence-corrected chi connectivity index (χ0v) is 8.14. The van der Waals surface area contributed by atoms with Crippen molar-refractivity contribution in [3.63, 3.8) is 0 Å². The van der Waals surface area contributed by atoms with Gasteiger partial charge in [-0.3, -0.25) is 0 Å². The third-order valence-electron chi connectivity index (χ3n) is 2.01. The summed E-state index contributed by atoms with van der Waals surface area (Å²) in [5.74, 6) is 0. The van der Waals surface area contributed by atoms with Crippen molar-refractivity contribution in [1.29, 1.82) is 0 Å². The van der Waals surface area contributed by atoms with Crippen LogP contribution in [-0.4, -0.2) is 0 Å². The lowest BCUT2D eigenvalue weighted by molar-refractivity contribution is 0.973. The molecule has 0 fully saturated rings. The van der Waals surface area contributed by atoms with Gasteiger partial charge < -0.3 is 0 Å². The van der Waals surface area contributed by atoms with Gasteiger partial charge in [-0.1, -0.05) is 29.8 Å². The maximum atomic E-state index is 6.02. The fraction of sp³-hybridized carbons (Fsp3) is 0.111. The molecule has 0 amide bonds. The molecule has 64 valence electrons. The minimum absolute atomic E-state index is 0.746. The highest BCUT2D eigenvalue weighted by atomic mass is 35.5. The van der Waals surface area contributed by atoms with Gasteiger partial charge in [0, 0.05) is 4.70 Å². The summed E-state index contributed by atoms with van der Waals surface area (Å²) in [6.45, 7) is 0. The minimum Gasteiger partial charge on any atom is -0.134 e. The first-order chi connectivity index (χ1) is 6.28. The summed E-state index contributed by atoms with van der Waals surface area (Å²) in [5.41, 5.74) is 0. The first-order valence-corrected chi connectivity index (χ1v) is 5.09. The van der Waals surface area contributed by atoms with Crippen LogP contribution in [0.2, 0.25) is 0 Å². The van der Waals surface area contributed by atoms with E-state index in [9.17, 15) is 0 Å². The lowest BCUT2D eigenvalue weighted by Crippen LogP contribution is -1.91. The number of hydrogen-bond donors (Lipinski definition) is 0. The van der Waals surface area contributed by atoms with Gasteiger partial charge in [-0.2, -0.15) is 0 Å². The molecule has 1 aliphatic heterocycles. The molecule has 3 rings (SSSR count). The van der Waals surface area contributed by atoms with Crippen molar-refractivity contribution in [3.05, 3.63) is 35.2 Å². The maximum absolute atomic E-state index is 6.02. The molecule has 2 heterocycles. The van der Waals surface area contributed by atoms with E-state index in [0.29, 0.717) is 0 Å². The van der Waals surface area contributed by atoms with Crippen LogP contribution >= 0.6 is 22.9 Å². The van der Waals surface area contributed by atoms with Crippen LogP contribution in [0.5, 0.6) is 0 Å². The van der Waals surface area contributed by atoms with E-state index in [1.807, 2.05) is 18.2 Å². The predicted molar refractivity (Wildman–Crippen MR) is 54.2 cm³/mol. The van der Waals surface area contributed by atoms with Gasteiger partial charge in [-0.05, 0) is 17.5 Å². The lowest BCUT2D eigenvalue weighted by atomic mass is 10.2. The zero-order chi connectivity index (χ0) is 8.89. The molecule has 0 N–H and O–H groups in total. The van der Waals surface area contributed by atoms with Crippen molar-refractivity contribution in [3.8, 4) is 0 Å². The lowest BCUT2D eigenvalue weighted by Gasteiger charge is -1.92. The summed E-state index contributed by atoms with van der Waals surface area (Å²) >= 11 is 7.67. The van der Waals surface area contributed by atoms with E-state index in [2.05, 4.69) is 22.4 Å². The van der Waals surface area contributed by atoms with Crippen LogP contribution in [0.15, 0.2) is 40.6 Å². The molecule has 0 saturated carbocycles. The Balaban J connectivity index is 2.22. The van der Waals surface area contributed by atoms with E-state index in [0.717, 1.165) is 4.88 Å². The van der Waals surface area contributed by atoms with Crippen molar-refractivity contribution in [2.24, 2.45) is 10.2 Å². The van der Waals surface area contributed by atoms with Crippen LogP contribution in [0.1, 0.15) is 4.88 Å². The number of hydrogen-bond acceptors (Lipinski definition) is 3. The largest absolute Gasteiger partial charge is 0.298 e. The van der Waals surface area contributed by atoms with Crippen LogP contribution in [0, 0.1) is 0 Å². The summed E-state index contributed by atoms with van der Waals surface area (Å²) < 4.78 is 1.23. The Bertz CT molecular complexity index is 464. The number of thiophene rings is 1. The Morgan fingerprint density at radius 3 is 2.69 bits per heavy atom. The molecule has 0 aliphatic carbocycles. The van der Waals surface area contributed by atoms with Crippen molar-refractivity contribution in [2.75, 3.05) is 0 Å². The highest BCUT2D eigenvalue weighted by Crippen LogP contribution is 2.47. The molecule has 1 aliphatic rings. The van der Waals surface area contributed by atoms with Crippen molar-refractivity contribution in [1.82, 2.24) is 0 Å². The SMILES string of the molecule is ClC1(c2cc3ccccc3s2)N=N1. The van der Waals surface area contributed by atoms with Crippen LogP contribution in [-0.2, 0) is 5.12 Å². The molecule has 1 aromatic carbocycles. The van der Waals surface area contributed by atoms with Crippen LogP contribution in [0.4, 0.5) is 0 Å². The van der Waals surface area contributed by atoms with Crippen molar-refractivity contribution >= 4 is 33.0 Å². The summed E-state index contributed by atoms with van der Waals surface area (Å²) in [6, 6.07) is 10.2. The third kappa shape index (κ3) is 1.08. The fourth-order valence-corrected chi connectivity index (χ4v) is 2.51. The fourth-order valence-electron chi connectivity index (χ4n) is 1.28. The first-order valence-electron chi connectivity index (χ1n) is 3.90. The third-order valence-corrected chi connectivity index (χ3v) is 3.70. The average Bonchev–Trinajstić information content (AvgIpc) is 2.76. The Labute approximate surface area is 83.9 Å². The molecule has 2 nitrogen and oxygen atoms in total. The Kier molecular flexibility index (Phi) is 1.32. The van der Waals surface area contributed by atoms with Gasteiger partial charge >= 0.3 is 0 Å². The summed E-state index contributed by atoms with van der Waals surface area (Å²) in [7, 11) is 0. The van der Waals surface area contributed by atoms with Crippen LogP contribution in [0.3, 0.4) is 0 Å². The van der Waals surface area contributed by atoms with Gasteiger partial charge in [-0.25, -0.2) is 0 Å². The smallest absolute Gasteiger partial charge is 0.134 e. The van der Waals surface area contributed by atoms with E-state index in [4.69, 9.17) is 11.6 Å². The number of fused-ring (bicyclic) bond motifs is 1. The normalized spacial score (nSPS) is 17.9. The molecule has 0 radical (unpaired) electrons. The molecular weight excluding hydrogens is 204 g/mol. The minimum atomic E-state index is -0.746. The molecule has 0 saturated heterocycles. The van der Waals surface area contributed by atoms with E-state index in [1.54, 1.807) is 11.3 Å². The number of alkyl halides is 1. The standard InChI is InChI=1S/C9H5ClN2S/c10-9(11-12-9)8-5-6-3-1-2-4-7(6)13-8/h1-5H. The summed E-state index contributed by atoms with van der Waals surface area (Å²) in [6.07, 6.45) is 0. The van der Waals surface area contributed by atoms with Gasteiger partial charge in [-0.15, -0.1) is 21.6 Å². The van der Waals surface area contributed by atoms with E-state index < -0.39 is 5.12 Å². The van der Waals surface area contributed by atoms with E-state index in [1.165, 1.54) is 10.1 Å².